The second kappa shape index (κ2) is 4.50. The molecule has 1 aliphatic carbocycles. The molecule has 1 aliphatic heterocycles. The van der Waals surface area contributed by atoms with Gasteiger partial charge in [0.2, 0.25) is 0 Å². The first-order chi connectivity index (χ1) is 7.93. The number of nitrogens with one attached hydrogen (secondary N) is 1. The van der Waals surface area contributed by atoms with Crippen molar-refractivity contribution in [3.05, 3.63) is 23.8 Å². The Labute approximate surface area is 96.7 Å². The molecule has 2 heterocycles. The van der Waals surface area contributed by atoms with Crippen LogP contribution in [0.5, 0.6) is 0 Å². The SMILES string of the molecule is c1nc(C2CCCCN2)ncc1C1CCC1. The molecule has 16 heavy (non-hydrogen) atoms. The predicted octanol–water partition coefficient (Wildman–Crippen LogP) is 2.56. The van der Waals surface area contributed by atoms with Gasteiger partial charge >= 0.3 is 0 Å². The average Bonchev–Trinajstić information content (AvgIpc) is 2.29. The van der Waals surface area contributed by atoms with E-state index in [0.29, 0.717) is 6.04 Å². The van der Waals surface area contributed by atoms with Crippen LogP contribution >= 0.6 is 0 Å². The third-order valence-electron chi connectivity index (χ3n) is 3.89. The lowest BCUT2D eigenvalue weighted by Crippen LogP contribution is -2.28. The fourth-order valence-electron chi connectivity index (χ4n) is 2.55. The standard InChI is InChI=1S/C13H19N3/c1-2-7-14-12(6-1)13-15-8-11(9-16-13)10-4-3-5-10/h8-10,12,14H,1-7H2. The molecule has 1 aromatic rings. The van der Waals surface area contributed by atoms with Crippen LogP contribution in [-0.4, -0.2) is 16.5 Å². The van der Waals surface area contributed by atoms with Crippen LogP contribution in [0, 0.1) is 0 Å². The third kappa shape index (κ3) is 1.96. The summed E-state index contributed by atoms with van der Waals surface area (Å²) in [5.41, 5.74) is 1.34. The predicted molar refractivity (Wildman–Crippen MR) is 63.2 cm³/mol. The van der Waals surface area contributed by atoms with Gasteiger partial charge in [0.25, 0.3) is 0 Å². The van der Waals surface area contributed by atoms with E-state index in [2.05, 4.69) is 15.3 Å². The van der Waals surface area contributed by atoms with Gasteiger partial charge in [-0.2, -0.15) is 0 Å². The molecule has 1 unspecified atom stereocenters. The van der Waals surface area contributed by atoms with Gasteiger partial charge < -0.3 is 5.32 Å². The molecule has 3 heteroatoms. The Kier molecular flexibility index (Phi) is 2.87. The van der Waals surface area contributed by atoms with E-state index >= 15 is 0 Å². The van der Waals surface area contributed by atoms with Crippen molar-refractivity contribution >= 4 is 0 Å². The minimum atomic E-state index is 0.393. The maximum absolute atomic E-state index is 4.53. The van der Waals surface area contributed by atoms with E-state index in [1.54, 1.807) is 0 Å². The van der Waals surface area contributed by atoms with Crippen LogP contribution in [-0.2, 0) is 0 Å². The number of hydrogen-bond acceptors (Lipinski definition) is 3. The summed E-state index contributed by atoms with van der Waals surface area (Å²) in [6.07, 6.45) is 11.9. The molecule has 1 atom stereocenters. The third-order valence-corrected chi connectivity index (χ3v) is 3.89. The van der Waals surface area contributed by atoms with Crippen LogP contribution in [0.3, 0.4) is 0 Å². The van der Waals surface area contributed by atoms with Crippen LogP contribution in [0.4, 0.5) is 0 Å². The molecule has 3 nitrogen and oxygen atoms in total. The smallest absolute Gasteiger partial charge is 0.145 e. The van der Waals surface area contributed by atoms with Crippen LogP contribution in [0.25, 0.3) is 0 Å². The highest BCUT2D eigenvalue weighted by Gasteiger charge is 2.21. The molecule has 0 bridgehead atoms. The number of aromatic nitrogens is 2. The van der Waals surface area contributed by atoms with Crippen LogP contribution < -0.4 is 5.32 Å². The van der Waals surface area contributed by atoms with Crippen molar-refractivity contribution in [1.29, 1.82) is 0 Å². The summed E-state index contributed by atoms with van der Waals surface area (Å²) in [4.78, 5) is 9.06. The minimum Gasteiger partial charge on any atom is -0.307 e. The summed E-state index contributed by atoms with van der Waals surface area (Å²) >= 11 is 0. The van der Waals surface area contributed by atoms with Crippen molar-refractivity contribution in [3.63, 3.8) is 0 Å². The van der Waals surface area contributed by atoms with Gasteiger partial charge in [-0.1, -0.05) is 12.8 Å². The summed E-state index contributed by atoms with van der Waals surface area (Å²) in [5.74, 6) is 1.73. The first kappa shape index (κ1) is 10.2. The van der Waals surface area contributed by atoms with Gasteiger partial charge in [-0.05, 0) is 43.7 Å². The summed E-state index contributed by atoms with van der Waals surface area (Å²) in [6, 6.07) is 0.393. The molecule has 1 aromatic heterocycles. The van der Waals surface area contributed by atoms with E-state index in [4.69, 9.17) is 0 Å². The monoisotopic (exact) mass is 217 g/mol. The number of hydrogen-bond donors (Lipinski definition) is 1. The number of nitrogens with zero attached hydrogens (tertiary/aromatic N) is 2. The van der Waals surface area contributed by atoms with Gasteiger partial charge in [0.05, 0.1) is 6.04 Å². The van der Waals surface area contributed by atoms with Gasteiger partial charge in [-0.15, -0.1) is 0 Å². The number of rotatable bonds is 2. The molecule has 86 valence electrons. The van der Waals surface area contributed by atoms with E-state index in [1.165, 1.54) is 44.1 Å². The zero-order valence-corrected chi connectivity index (χ0v) is 9.65. The summed E-state index contributed by atoms with van der Waals surface area (Å²) in [7, 11) is 0. The van der Waals surface area contributed by atoms with Crippen molar-refractivity contribution in [2.45, 2.75) is 50.5 Å². The van der Waals surface area contributed by atoms with Crippen molar-refractivity contribution in [2.24, 2.45) is 0 Å². The summed E-state index contributed by atoms with van der Waals surface area (Å²) in [5, 5.41) is 3.49. The lowest BCUT2D eigenvalue weighted by atomic mass is 9.81. The van der Waals surface area contributed by atoms with E-state index < -0.39 is 0 Å². The first-order valence-electron chi connectivity index (χ1n) is 6.49. The van der Waals surface area contributed by atoms with E-state index in [9.17, 15) is 0 Å². The Bertz CT molecular complexity index is 337. The maximum atomic E-state index is 4.53. The topological polar surface area (TPSA) is 37.8 Å². The Morgan fingerprint density at radius 2 is 1.81 bits per heavy atom. The molecule has 0 radical (unpaired) electrons. The van der Waals surface area contributed by atoms with Gasteiger partial charge in [0, 0.05) is 12.4 Å². The maximum Gasteiger partial charge on any atom is 0.145 e. The summed E-state index contributed by atoms with van der Waals surface area (Å²) in [6.45, 7) is 1.11. The largest absolute Gasteiger partial charge is 0.307 e. The Morgan fingerprint density at radius 3 is 2.38 bits per heavy atom. The molecule has 2 aliphatic rings. The Balaban J connectivity index is 1.70. The zero-order chi connectivity index (χ0) is 10.8. The Hall–Kier alpha value is -0.960. The average molecular weight is 217 g/mol. The quantitative estimate of drug-likeness (QED) is 0.827. The van der Waals surface area contributed by atoms with Crippen LogP contribution in [0.1, 0.15) is 61.9 Å². The molecular formula is C13H19N3. The van der Waals surface area contributed by atoms with Gasteiger partial charge in [0.1, 0.15) is 5.82 Å². The van der Waals surface area contributed by atoms with Crippen LogP contribution in [0.2, 0.25) is 0 Å². The highest BCUT2D eigenvalue weighted by atomic mass is 15.0. The minimum absolute atomic E-state index is 0.393. The number of piperidine rings is 1. The fraction of sp³-hybridized carbons (Fsp3) is 0.692. The van der Waals surface area contributed by atoms with Crippen molar-refractivity contribution in [2.75, 3.05) is 6.54 Å². The van der Waals surface area contributed by atoms with E-state index in [0.717, 1.165) is 18.3 Å². The molecule has 1 saturated heterocycles. The molecule has 0 amide bonds. The zero-order valence-electron chi connectivity index (χ0n) is 9.65. The molecule has 3 rings (SSSR count). The lowest BCUT2D eigenvalue weighted by molar-refractivity contribution is 0.393. The molecular weight excluding hydrogens is 198 g/mol. The highest BCUT2D eigenvalue weighted by Crippen LogP contribution is 2.35. The normalized spacial score (nSPS) is 26.4. The summed E-state index contributed by atoms with van der Waals surface area (Å²) < 4.78 is 0. The second-order valence-corrected chi connectivity index (χ2v) is 5.00. The van der Waals surface area contributed by atoms with Gasteiger partial charge in [0.15, 0.2) is 0 Å². The fourth-order valence-corrected chi connectivity index (χ4v) is 2.55. The highest BCUT2D eigenvalue weighted by molar-refractivity contribution is 5.15. The van der Waals surface area contributed by atoms with Crippen molar-refractivity contribution < 1.29 is 0 Å². The van der Waals surface area contributed by atoms with Crippen molar-refractivity contribution in [3.8, 4) is 0 Å². The molecule has 1 saturated carbocycles. The van der Waals surface area contributed by atoms with Crippen LogP contribution in [0.15, 0.2) is 12.4 Å². The lowest BCUT2D eigenvalue weighted by Gasteiger charge is -2.26. The van der Waals surface area contributed by atoms with Gasteiger partial charge in [-0.3, -0.25) is 0 Å². The van der Waals surface area contributed by atoms with E-state index in [-0.39, 0.29) is 0 Å². The second-order valence-electron chi connectivity index (χ2n) is 5.00. The molecule has 0 spiro atoms. The molecule has 2 fully saturated rings. The molecule has 1 N–H and O–H groups in total. The first-order valence-corrected chi connectivity index (χ1v) is 6.49. The van der Waals surface area contributed by atoms with Crippen molar-refractivity contribution in [1.82, 2.24) is 15.3 Å². The van der Waals surface area contributed by atoms with Gasteiger partial charge in [-0.25, -0.2) is 9.97 Å². The van der Waals surface area contributed by atoms with E-state index in [1.807, 2.05) is 12.4 Å². The molecule has 0 aromatic carbocycles. The Morgan fingerprint density at radius 1 is 1.00 bits per heavy atom.